The number of rotatable bonds is 5. The van der Waals surface area contributed by atoms with Gasteiger partial charge in [0.15, 0.2) is 0 Å². The summed E-state index contributed by atoms with van der Waals surface area (Å²) in [7, 11) is 0. The Morgan fingerprint density at radius 1 is 1.00 bits per heavy atom. The van der Waals surface area contributed by atoms with Gasteiger partial charge in [0.2, 0.25) is 0 Å². The van der Waals surface area contributed by atoms with Crippen molar-refractivity contribution in [2.24, 2.45) is 0 Å². The van der Waals surface area contributed by atoms with Crippen molar-refractivity contribution >= 4 is 29.1 Å². The molecule has 2 amide bonds. The van der Waals surface area contributed by atoms with Crippen LogP contribution in [0.1, 0.15) is 5.56 Å². The molecular weight excluding hydrogens is 378 g/mol. The maximum Gasteiger partial charge on any atom is 0.312 e. The van der Waals surface area contributed by atoms with Crippen LogP contribution in [0, 0.1) is 0 Å². The van der Waals surface area contributed by atoms with E-state index in [2.05, 4.69) is 4.90 Å². The molecule has 0 aromatic heterocycles. The van der Waals surface area contributed by atoms with E-state index in [0.29, 0.717) is 37.7 Å². The third-order valence-electron chi connectivity index (χ3n) is 4.80. The number of nitrogens with zero attached hydrogens (tertiary/aromatic N) is 3. The Bertz CT molecular complexity index is 808. The summed E-state index contributed by atoms with van der Waals surface area (Å²) in [5.41, 5.74) is 1.93. The third-order valence-corrected chi connectivity index (χ3v) is 5.03. The van der Waals surface area contributed by atoms with Crippen molar-refractivity contribution in [3.63, 3.8) is 0 Å². The fourth-order valence-electron chi connectivity index (χ4n) is 3.29. The molecule has 0 radical (unpaired) electrons. The summed E-state index contributed by atoms with van der Waals surface area (Å²) >= 11 is 6.05. The molecule has 0 atom stereocenters. The summed E-state index contributed by atoms with van der Waals surface area (Å²) in [4.78, 5) is 30.6. The molecule has 1 saturated heterocycles. The van der Waals surface area contributed by atoms with E-state index in [4.69, 9.17) is 11.6 Å². The normalized spacial score (nSPS) is 14.1. The molecule has 0 saturated carbocycles. The third kappa shape index (κ3) is 5.03. The van der Waals surface area contributed by atoms with Crippen LogP contribution in [0.4, 0.5) is 5.69 Å². The Kier molecular flexibility index (Phi) is 6.90. The number of hydrogen-bond acceptors (Lipinski definition) is 4. The van der Waals surface area contributed by atoms with Gasteiger partial charge in [-0.05, 0) is 23.8 Å². The largest absolute Gasteiger partial charge is 0.395 e. The van der Waals surface area contributed by atoms with Crippen molar-refractivity contribution in [1.82, 2.24) is 9.80 Å². The first-order valence-corrected chi connectivity index (χ1v) is 9.70. The lowest BCUT2D eigenvalue weighted by Crippen LogP contribution is -2.53. The number of amides is 2. The predicted molar refractivity (Wildman–Crippen MR) is 109 cm³/mol. The van der Waals surface area contributed by atoms with Crippen molar-refractivity contribution < 1.29 is 14.7 Å². The summed E-state index contributed by atoms with van der Waals surface area (Å²) in [5, 5.41) is 9.98. The van der Waals surface area contributed by atoms with Gasteiger partial charge in [-0.25, -0.2) is 0 Å². The van der Waals surface area contributed by atoms with Gasteiger partial charge in [0.25, 0.3) is 0 Å². The molecule has 3 rings (SSSR count). The van der Waals surface area contributed by atoms with Crippen LogP contribution in [0.5, 0.6) is 0 Å². The predicted octanol–water partition coefficient (Wildman–Crippen LogP) is 2.01. The number of anilines is 1. The number of halogens is 1. The fourth-order valence-corrected chi connectivity index (χ4v) is 3.47. The molecule has 2 aromatic carbocycles. The van der Waals surface area contributed by atoms with E-state index in [1.807, 2.05) is 54.6 Å². The van der Waals surface area contributed by atoms with Crippen LogP contribution in [0.2, 0.25) is 5.02 Å². The van der Waals surface area contributed by atoms with Crippen LogP contribution in [0.3, 0.4) is 0 Å². The van der Waals surface area contributed by atoms with Crippen LogP contribution in [0.15, 0.2) is 54.6 Å². The zero-order valence-corrected chi connectivity index (χ0v) is 16.4. The van der Waals surface area contributed by atoms with Crippen LogP contribution in [-0.4, -0.2) is 66.1 Å². The molecule has 2 aromatic rings. The van der Waals surface area contributed by atoms with Crippen LogP contribution in [0.25, 0.3) is 0 Å². The standard InChI is InChI=1S/C21H24ClN3O3/c22-18-7-4-8-19(15-18)23-9-11-24(12-10-23)20(27)21(28)25(13-14-26)16-17-5-2-1-3-6-17/h1-8,15,26H,9-14,16H2. The lowest BCUT2D eigenvalue weighted by atomic mass is 10.2. The van der Waals surface area contributed by atoms with E-state index >= 15 is 0 Å². The average Bonchev–Trinajstić information content (AvgIpc) is 2.73. The molecule has 0 spiro atoms. The van der Waals surface area contributed by atoms with Crippen molar-refractivity contribution in [2.45, 2.75) is 6.54 Å². The number of aliphatic hydroxyl groups excluding tert-OH is 1. The molecule has 1 aliphatic rings. The highest BCUT2D eigenvalue weighted by atomic mass is 35.5. The molecule has 1 fully saturated rings. The van der Waals surface area contributed by atoms with E-state index in [9.17, 15) is 14.7 Å². The summed E-state index contributed by atoms with van der Waals surface area (Å²) in [5.74, 6) is -1.09. The molecule has 0 aliphatic carbocycles. The molecule has 0 bridgehead atoms. The topological polar surface area (TPSA) is 64.1 Å². The summed E-state index contributed by atoms with van der Waals surface area (Å²) in [6.07, 6.45) is 0. The molecular formula is C21H24ClN3O3. The zero-order chi connectivity index (χ0) is 19.9. The van der Waals surface area contributed by atoms with Crippen LogP contribution >= 0.6 is 11.6 Å². The summed E-state index contributed by atoms with van der Waals surface area (Å²) in [6, 6.07) is 17.1. The van der Waals surface area contributed by atoms with Gasteiger partial charge in [0, 0.05) is 50.0 Å². The van der Waals surface area contributed by atoms with E-state index in [1.165, 1.54) is 4.90 Å². The lowest BCUT2D eigenvalue weighted by Gasteiger charge is -2.36. The second-order valence-electron chi connectivity index (χ2n) is 6.70. The van der Waals surface area contributed by atoms with Gasteiger partial charge < -0.3 is 19.8 Å². The maximum atomic E-state index is 12.7. The second-order valence-corrected chi connectivity index (χ2v) is 7.13. The van der Waals surface area contributed by atoms with E-state index in [1.54, 1.807) is 4.90 Å². The SMILES string of the molecule is O=C(C(=O)N(CCO)Cc1ccccc1)N1CCN(c2cccc(Cl)c2)CC1. The average molecular weight is 402 g/mol. The van der Waals surface area contributed by atoms with Crippen molar-refractivity contribution in [3.8, 4) is 0 Å². The van der Waals surface area contributed by atoms with Crippen molar-refractivity contribution in [3.05, 3.63) is 65.2 Å². The number of hydrogen-bond donors (Lipinski definition) is 1. The first kappa shape index (κ1) is 20.2. The Morgan fingerprint density at radius 3 is 2.36 bits per heavy atom. The Morgan fingerprint density at radius 2 is 1.71 bits per heavy atom. The minimum Gasteiger partial charge on any atom is -0.395 e. The number of carbonyl (C=O) groups is 2. The maximum absolute atomic E-state index is 12.7. The Labute approximate surface area is 169 Å². The number of aliphatic hydroxyl groups is 1. The van der Waals surface area contributed by atoms with Crippen molar-refractivity contribution in [2.75, 3.05) is 44.2 Å². The molecule has 1 N–H and O–H groups in total. The van der Waals surface area contributed by atoms with Gasteiger partial charge >= 0.3 is 11.8 Å². The zero-order valence-electron chi connectivity index (χ0n) is 15.6. The fraction of sp³-hybridized carbons (Fsp3) is 0.333. The lowest BCUT2D eigenvalue weighted by molar-refractivity contribution is -0.152. The smallest absolute Gasteiger partial charge is 0.312 e. The number of carbonyl (C=O) groups excluding carboxylic acids is 2. The molecule has 148 valence electrons. The van der Waals surface area contributed by atoms with Crippen molar-refractivity contribution in [1.29, 1.82) is 0 Å². The number of piperazine rings is 1. The van der Waals surface area contributed by atoms with Gasteiger partial charge in [-0.2, -0.15) is 0 Å². The summed E-state index contributed by atoms with van der Waals surface area (Å²) < 4.78 is 0. The van der Waals surface area contributed by atoms with Gasteiger partial charge in [-0.15, -0.1) is 0 Å². The molecule has 7 heteroatoms. The minimum atomic E-state index is -0.575. The van der Waals surface area contributed by atoms with Gasteiger partial charge in [-0.1, -0.05) is 48.0 Å². The van der Waals surface area contributed by atoms with Gasteiger partial charge in [-0.3, -0.25) is 9.59 Å². The van der Waals surface area contributed by atoms with E-state index < -0.39 is 11.8 Å². The number of benzene rings is 2. The van der Waals surface area contributed by atoms with Crippen LogP contribution in [-0.2, 0) is 16.1 Å². The van der Waals surface area contributed by atoms with Gasteiger partial charge in [0.1, 0.15) is 0 Å². The molecule has 1 heterocycles. The Hall–Kier alpha value is -2.57. The highest BCUT2D eigenvalue weighted by Crippen LogP contribution is 2.21. The molecule has 28 heavy (non-hydrogen) atoms. The monoisotopic (exact) mass is 401 g/mol. The first-order valence-electron chi connectivity index (χ1n) is 9.32. The second kappa shape index (κ2) is 9.57. The van der Waals surface area contributed by atoms with E-state index in [-0.39, 0.29) is 13.2 Å². The van der Waals surface area contributed by atoms with Crippen LogP contribution < -0.4 is 4.90 Å². The highest BCUT2D eigenvalue weighted by Gasteiger charge is 2.29. The van der Waals surface area contributed by atoms with E-state index in [0.717, 1.165) is 11.3 Å². The van der Waals surface area contributed by atoms with Gasteiger partial charge in [0.05, 0.1) is 6.61 Å². The first-order chi connectivity index (χ1) is 13.6. The molecule has 0 unspecified atom stereocenters. The summed E-state index contributed by atoms with van der Waals surface area (Å²) in [6.45, 7) is 2.45. The molecule has 6 nitrogen and oxygen atoms in total. The quantitative estimate of drug-likeness (QED) is 0.778. The highest BCUT2D eigenvalue weighted by molar-refractivity contribution is 6.35. The Balaban J connectivity index is 1.60. The minimum absolute atomic E-state index is 0.127. The molecule has 1 aliphatic heterocycles.